The highest BCUT2D eigenvalue weighted by Crippen LogP contribution is 2.25. The summed E-state index contributed by atoms with van der Waals surface area (Å²) in [4.78, 5) is 36.7. The number of rotatable bonds is 6. The number of benzene rings is 2. The van der Waals surface area contributed by atoms with E-state index in [2.05, 4.69) is 10.6 Å². The molecular weight excluding hydrogens is 384 g/mol. The molecule has 0 bridgehead atoms. The Kier molecular flexibility index (Phi) is 7.00. The van der Waals surface area contributed by atoms with E-state index in [1.165, 1.54) is 20.9 Å². The third-order valence-electron chi connectivity index (χ3n) is 3.71. The summed E-state index contributed by atoms with van der Waals surface area (Å²) in [7, 11) is 1.37. The van der Waals surface area contributed by atoms with Crippen LogP contribution in [-0.4, -0.2) is 30.6 Å². The van der Waals surface area contributed by atoms with Crippen molar-refractivity contribution in [2.45, 2.75) is 25.6 Å². The van der Waals surface area contributed by atoms with E-state index in [0.717, 1.165) is 0 Å². The summed E-state index contributed by atoms with van der Waals surface area (Å²) in [6, 6.07) is 14.2. The van der Waals surface area contributed by atoms with Gasteiger partial charge in [0.2, 0.25) is 6.10 Å². The van der Waals surface area contributed by atoms with Gasteiger partial charge in [0.25, 0.3) is 5.91 Å². The highest BCUT2D eigenvalue weighted by atomic mass is 35.5. The first-order valence-electron chi connectivity index (χ1n) is 8.46. The molecule has 0 fully saturated rings. The zero-order valence-electron chi connectivity index (χ0n) is 15.7. The van der Waals surface area contributed by atoms with Crippen molar-refractivity contribution in [3.8, 4) is 5.75 Å². The zero-order chi connectivity index (χ0) is 20.7. The van der Waals surface area contributed by atoms with E-state index in [4.69, 9.17) is 21.1 Å². The van der Waals surface area contributed by atoms with Crippen LogP contribution in [0.15, 0.2) is 54.6 Å². The van der Waals surface area contributed by atoms with Gasteiger partial charge in [-0.05, 0) is 38.1 Å². The Labute approximate surface area is 168 Å². The van der Waals surface area contributed by atoms with Crippen LogP contribution < -0.4 is 15.4 Å². The first-order valence-corrected chi connectivity index (χ1v) is 8.84. The highest BCUT2D eigenvalue weighted by molar-refractivity contribution is 6.30. The first kappa shape index (κ1) is 21.2. The Hall–Kier alpha value is -3.06. The third-order valence-corrected chi connectivity index (χ3v) is 3.96. The molecule has 148 valence electrons. The standard InChI is InChI=1S/C20H21ClN2O5/c1-20(2,28-15-11-9-14(21)10-12-15)18(25)27-16(13-7-5-4-6-8-13)17(24)23-19(26)22-3/h4-12,16H,1-3H3,(H2,22,23,24,26)/t16-/m0/s1. The molecule has 0 radical (unpaired) electrons. The summed E-state index contributed by atoms with van der Waals surface area (Å²) in [6.45, 7) is 3.03. The molecule has 2 aromatic rings. The van der Waals surface area contributed by atoms with Crippen LogP contribution in [0.4, 0.5) is 4.79 Å². The minimum absolute atomic E-state index is 0.414. The minimum Gasteiger partial charge on any atom is -0.476 e. The van der Waals surface area contributed by atoms with Crippen molar-refractivity contribution >= 4 is 29.5 Å². The number of hydrogen-bond acceptors (Lipinski definition) is 5. The largest absolute Gasteiger partial charge is 0.476 e. The van der Waals surface area contributed by atoms with Gasteiger partial charge in [-0.2, -0.15) is 0 Å². The predicted octanol–water partition coefficient (Wildman–Crippen LogP) is 3.24. The van der Waals surface area contributed by atoms with Crippen molar-refractivity contribution in [1.82, 2.24) is 10.6 Å². The van der Waals surface area contributed by atoms with Crippen molar-refractivity contribution in [2.24, 2.45) is 0 Å². The molecule has 28 heavy (non-hydrogen) atoms. The van der Waals surface area contributed by atoms with Gasteiger partial charge in [-0.3, -0.25) is 10.1 Å². The van der Waals surface area contributed by atoms with Gasteiger partial charge in [0.15, 0.2) is 5.60 Å². The summed E-state index contributed by atoms with van der Waals surface area (Å²) < 4.78 is 11.1. The van der Waals surface area contributed by atoms with Gasteiger partial charge >= 0.3 is 12.0 Å². The smallest absolute Gasteiger partial charge is 0.351 e. The van der Waals surface area contributed by atoms with Crippen LogP contribution in [0.2, 0.25) is 5.02 Å². The van der Waals surface area contributed by atoms with Gasteiger partial charge in [0.1, 0.15) is 5.75 Å². The highest BCUT2D eigenvalue weighted by Gasteiger charge is 2.36. The fourth-order valence-electron chi connectivity index (χ4n) is 2.23. The first-order chi connectivity index (χ1) is 13.2. The van der Waals surface area contributed by atoms with E-state index in [-0.39, 0.29) is 0 Å². The van der Waals surface area contributed by atoms with Gasteiger partial charge in [-0.25, -0.2) is 9.59 Å². The number of ether oxygens (including phenoxy) is 2. The number of amides is 3. The van der Waals surface area contributed by atoms with E-state index in [1.807, 2.05) is 0 Å². The molecule has 1 atom stereocenters. The Bertz CT molecular complexity index is 837. The maximum Gasteiger partial charge on any atom is 0.351 e. The number of halogens is 1. The molecule has 0 aliphatic heterocycles. The SMILES string of the molecule is CNC(=O)NC(=O)[C@@H](OC(=O)C(C)(C)Oc1ccc(Cl)cc1)c1ccccc1. The second-order valence-electron chi connectivity index (χ2n) is 6.33. The van der Waals surface area contributed by atoms with Crippen molar-refractivity contribution in [1.29, 1.82) is 0 Å². The fraction of sp³-hybridized carbons (Fsp3) is 0.250. The van der Waals surface area contributed by atoms with Gasteiger partial charge in [-0.15, -0.1) is 0 Å². The van der Waals surface area contributed by atoms with Crippen LogP contribution in [0.1, 0.15) is 25.5 Å². The average molecular weight is 405 g/mol. The lowest BCUT2D eigenvalue weighted by atomic mass is 10.1. The molecule has 0 aliphatic carbocycles. The minimum atomic E-state index is -1.39. The van der Waals surface area contributed by atoms with Crippen molar-refractivity contribution in [3.63, 3.8) is 0 Å². The van der Waals surface area contributed by atoms with Gasteiger partial charge in [0.05, 0.1) is 0 Å². The summed E-state index contributed by atoms with van der Waals surface area (Å²) in [6.07, 6.45) is -1.32. The maximum atomic E-state index is 12.7. The van der Waals surface area contributed by atoms with Crippen molar-refractivity contribution < 1.29 is 23.9 Å². The summed E-state index contributed by atoms with van der Waals surface area (Å²) >= 11 is 5.85. The summed E-state index contributed by atoms with van der Waals surface area (Å²) in [5.41, 5.74) is -0.978. The van der Waals surface area contributed by atoms with Gasteiger partial charge in [0, 0.05) is 17.6 Å². The average Bonchev–Trinajstić information content (AvgIpc) is 2.67. The zero-order valence-corrected chi connectivity index (χ0v) is 16.4. The lowest BCUT2D eigenvalue weighted by Gasteiger charge is -2.27. The van der Waals surface area contributed by atoms with Crippen LogP contribution in [0.5, 0.6) is 5.75 Å². The van der Waals surface area contributed by atoms with Gasteiger partial charge < -0.3 is 14.8 Å². The van der Waals surface area contributed by atoms with Crippen LogP contribution in [-0.2, 0) is 14.3 Å². The molecule has 0 saturated heterocycles. The molecule has 2 N–H and O–H groups in total. The molecule has 7 nitrogen and oxygen atoms in total. The number of hydrogen-bond donors (Lipinski definition) is 2. The lowest BCUT2D eigenvalue weighted by Crippen LogP contribution is -2.45. The number of imide groups is 1. The molecule has 2 aromatic carbocycles. The molecule has 0 heterocycles. The number of carbonyl (C=O) groups excluding carboxylic acids is 3. The van der Waals surface area contributed by atoms with E-state index in [0.29, 0.717) is 16.3 Å². The second-order valence-corrected chi connectivity index (χ2v) is 6.77. The molecular formula is C20H21ClN2O5. The molecule has 0 aliphatic rings. The lowest BCUT2D eigenvalue weighted by molar-refractivity contribution is -0.169. The monoisotopic (exact) mass is 404 g/mol. The van der Waals surface area contributed by atoms with E-state index in [9.17, 15) is 14.4 Å². The maximum absolute atomic E-state index is 12.7. The Balaban J connectivity index is 2.19. The molecule has 0 spiro atoms. The molecule has 8 heteroatoms. The Morgan fingerprint density at radius 1 is 1.00 bits per heavy atom. The van der Waals surface area contributed by atoms with Crippen LogP contribution >= 0.6 is 11.6 Å². The quantitative estimate of drug-likeness (QED) is 0.721. The van der Waals surface area contributed by atoms with Crippen molar-refractivity contribution in [2.75, 3.05) is 7.05 Å². The van der Waals surface area contributed by atoms with Gasteiger partial charge in [-0.1, -0.05) is 41.9 Å². The van der Waals surface area contributed by atoms with E-state index in [1.54, 1.807) is 54.6 Å². The predicted molar refractivity (Wildman–Crippen MR) is 104 cm³/mol. The van der Waals surface area contributed by atoms with E-state index < -0.39 is 29.6 Å². The number of nitrogens with one attached hydrogen (secondary N) is 2. The third kappa shape index (κ3) is 5.72. The molecule has 0 saturated carbocycles. The number of urea groups is 1. The Morgan fingerprint density at radius 3 is 2.18 bits per heavy atom. The molecule has 0 aromatic heterocycles. The fourth-order valence-corrected chi connectivity index (χ4v) is 2.35. The summed E-state index contributed by atoms with van der Waals surface area (Å²) in [5.74, 6) is -1.14. The molecule has 2 rings (SSSR count). The topological polar surface area (TPSA) is 93.7 Å². The van der Waals surface area contributed by atoms with Crippen LogP contribution in [0, 0.1) is 0 Å². The Morgan fingerprint density at radius 2 is 1.61 bits per heavy atom. The van der Waals surface area contributed by atoms with E-state index >= 15 is 0 Å². The normalized spacial score (nSPS) is 11.9. The molecule has 0 unspecified atom stereocenters. The van der Waals surface area contributed by atoms with Crippen LogP contribution in [0.25, 0.3) is 0 Å². The summed E-state index contributed by atoms with van der Waals surface area (Å²) in [5, 5.41) is 4.93. The second kappa shape index (κ2) is 9.23. The van der Waals surface area contributed by atoms with Crippen molar-refractivity contribution in [3.05, 3.63) is 65.2 Å². The van der Waals surface area contributed by atoms with Crippen LogP contribution in [0.3, 0.4) is 0 Å². The number of carbonyl (C=O) groups is 3. The number of esters is 1. The molecule has 3 amide bonds.